The van der Waals surface area contributed by atoms with E-state index in [2.05, 4.69) is 24.3 Å². The van der Waals surface area contributed by atoms with Gasteiger partial charge in [-0.05, 0) is 46.2 Å². The number of nitrogens with two attached hydrogens (primary N) is 1. The summed E-state index contributed by atoms with van der Waals surface area (Å²) in [6, 6.07) is 0.199. The molecule has 0 spiro atoms. The van der Waals surface area contributed by atoms with Crippen LogP contribution in [0.2, 0.25) is 0 Å². The molecule has 1 aliphatic heterocycles. The van der Waals surface area contributed by atoms with Gasteiger partial charge in [-0.25, -0.2) is 0 Å². The number of ether oxygens (including phenoxy) is 1. The van der Waals surface area contributed by atoms with Gasteiger partial charge in [0, 0.05) is 37.3 Å². The summed E-state index contributed by atoms with van der Waals surface area (Å²) < 4.78 is 5.46. The third kappa shape index (κ3) is 3.71. The standard InChI is InChI=1S/C15H29N3O2/c1-18(2)15(6-8-20-9-7-15)11-17-14(19)12-4-3-5-13(16)10-12/h12-13H,3-11,16H2,1-2H3,(H,17,19). The zero-order valence-corrected chi connectivity index (χ0v) is 12.9. The van der Waals surface area contributed by atoms with E-state index in [9.17, 15) is 4.79 Å². The van der Waals surface area contributed by atoms with Crippen LogP contribution < -0.4 is 11.1 Å². The zero-order chi connectivity index (χ0) is 14.6. The molecule has 0 aromatic heterocycles. The maximum absolute atomic E-state index is 12.3. The number of nitrogens with one attached hydrogen (secondary N) is 1. The molecule has 2 fully saturated rings. The number of carbonyl (C=O) groups is 1. The van der Waals surface area contributed by atoms with Crippen molar-refractivity contribution in [1.82, 2.24) is 10.2 Å². The van der Waals surface area contributed by atoms with Gasteiger partial charge in [-0.3, -0.25) is 4.79 Å². The van der Waals surface area contributed by atoms with Crippen molar-refractivity contribution in [3.8, 4) is 0 Å². The monoisotopic (exact) mass is 283 g/mol. The van der Waals surface area contributed by atoms with Crippen LogP contribution in [0.3, 0.4) is 0 Å². The Hall–Kier alpha value is -0.650. The third-order valence-electron chi connectivity index (χ3n) is 5.05. The molecule has 0 aromatic rings. The summed E-state index contributed by atoms with van der Waals surface area (Å²) >= 11 is 0. The van der Waals surface area contributed by atoms with Gasteiger partial charge in [-0.1, -0.05) is 6.42 Å². The molecule has 2 atom stereocenters. The molecule has 5 heteroatoms. The SMILES string of the molecule is CN(C)C1(CNC(=O)C2CCCC(N)C2)CCOCC1. The van der Waals surface area contributed by atoms with Crippen molar-refractivity contribution in [2.24, 2.45) is 11.7 Å². The number of nitrogens with zero attached hydrogens (tertiary/aromatic N) is 1. The molecular weight excluding hydrogens is 254 g/mol. The van der Waals surface area contributed by atoms with E-state index in [1.807, 2.05) is 0 Å². The van der Waals surface area contributed by atoms with E-state index in [1.54, 1.807) is 0 Å². The van der Waals surface area contributed by atoms with Crippen LogP contribution in [0.5, 0.6) is 0 Å². The average Bonchev–Trinajstić information content (AvgIpc) is 2.45. The van der Waals surface area contributed by atoms with E-state index in [1.165, 1.54) is 0 Å². The highest BCUT2D eigenvalue weighted by atomic mass is 16.5. The number of likely N-dealkylation sites (N-methyl/N-ethyl adjacent to an activating group) is 1. The third-order valence-corrected chi connectivity index (χ3v) is 5.05. The summed E-state index contributed by atoms with van der Waals surface area (Å²) in [6.07, 6.45) is 5.91. The minimum absolute atomic E-state index is 0.0463. The van der Waals surface area contributed by atoms with Crippen LogP contribution in [-0.4, -0.2) is 56.2 Å². The minimum atomic E-state index is 0.0463. The molecule has 2 unspecified atom stereocenters. The Bertz CT molecular complexity index is 327. The zero-order valence-electron chi connectivity index (χ0n) is 12.9. The highest BCUT2D eigenvalue weighted by Crippen LogP contribution is 2.26. The first kappa shape index (κ1) is 15.7. The lowest BCUT2D eigenvalue weighted by molar-refractivity contribution is -0.127. The molecule has 2 aliphatic rings. The van der Waals surface area contributed by atoms with Gasteiger partial charge in [-0.2, -0.15) is 0 Å². The molecule has 5 nitrogen and oxygen atoms in total. The van der Waals surface area contributed by atoms with E-state index in [4.69, 9.17) is 10.5 Å². The summed E-state index contributed by atoms with van der Waals surface area (Å²) in [5, 5.41) is 3.17. The van der Waals surface area contributed by atoms with E-state index in [-0.39, 0.29) is 23.4 Å². The van der Waals surface area contributed by atoms with Gasteiger partial charge >= 0.3 is 0 Å². The predicted octanol–water partition coefficient (Wildman–Crippen LogP) is 0.731. The number of rotatable bonds is 4. The van der Waals surface area contributed by atoms with Gasteiger partial charge in [0.1, 0.15) is 0 Å². The average molecular weight is 283 g/mol. The molecule has 1 aliphatic carbocycles. The number of carbonyl (C=O) groups excluding carboxylic acids is 1. The van der Waals surface area contributed by atoms with Crippen molar-refractivity contribution in [2.45, 2.75) is 50.1 Å². The van der Waals surface area contributed by atoms with Crippen LogP contribution in [-0.2, 0) is 9.53 Å². The highest BCUT2D eigenvalue weighted by Gasteiger charge is 2.36. The molecule has 3 N–H and O–H groups in total. The Balaban J connectivity index is 1.87. The van der Waals surface area contributed by atoms with Gasteiger partial charge in [-0.15, -0.1) is 0 Å². The summed E-state index contributed by atoms with van der Waals surface area (Å²) in [4.78, 5) is 14.6. The van der Waals surface area contributed by atoms with Gasteiger partial charge in [0.25, 0.3) is 0 Å². The van der Waals surface area contributed by atoms with Crippen molar-refractivity contribution < 1.29 is 9.53 Å². The van der Waals surface area contributed by atoms with Crippen molar-refractivity contribution in [2.75, 3.05) is 33.9 Å². The molecule has 1 amide bonds. The largest absolute Gasteiger partial charge is 0.381 e. The van der Waals surface area contributed by atoms with Crippen LogP contribution in [0.15, 0.2) is 0 Å². The van der Waals surface area contributed by atoms with Crippen molar-refractivity contribution in [1.29, 1.82) is 0 Å². The molecule has 2 rings (SSSR count). The maximum atomic E-state index is 12.3. The normalized spacial score (nSPS) is 30.2. The second kappa shape index (κ2) is 6.87. The van der Waals surface area contributed by atoms with Crippen LogP contribution in [0.1, 0.15) is 38.5 Å². The molecule has 0 bridgehead atoms. The summed E-state index contributed by atoms with van der Waals surface area (Å²) in [6.45, 7) is 2.28. The lowest BCUT2D eigenvalue weighted by Crippen LogP contribution is -2.56. The molecule has 1 heterocycles. The Morgan fingerprint density at radius 2 is 2.05 bits per heavy atom. The second-order valence-corrected chi connectivity index (χ2v) is 6.57. The van der Waals surface area contributed by atoms with Crippen LogP contribution >= 0.6 is 0 Å². The fourth-order valence-electron chi connectivity index (χ4n) is 3.40. The molecule has 0 aromatic carbocycles. The fraction of sp³-hybridized carbons (Fsp3) is 0.933. The van der Waals surface area contributed by atoms with E-state index < -0.39 is 0 Å². The van der Waals surface area contributed by atoms with Crippen molar-refractivity contribution in [3.63, 3.8) is 0 Å². The molecule has 0 radical (unpaired) electrons. The summed E-state index contributed by atoms with van der Waals surface area (Å²) in [7, 11) is 4.18. The van der Waals surface area contributed by atoms with Crippen molar-refractivity contribution >= 4 is 5.91 Å². The first-order valence-electron chi connectivity index (χ1n) is 7.82. The molecular formula is C15H29N3O2. The van der Waals surface area contributed by atoms with E-state index >= 15 is 0 Å². The molecule has 1 saturated heterocycles. The lowest BCUT2D eigenvalue weighted by Gasteiger charge is -2.43. The van der Waals surface area contributed by atoms with E-state index in [0.29, 0.717) is 6.54 Å². The Kier molecular flexibility index (Phi) is 5.41. The molecule has 116 valence electrons. The first-order valence-corrected chi connectivity index (χ1v) is 7.82. The predicted molar refractivity (Wildman–Crippen MR) is 79.4 cm³/mol. The number of amides is 1. The smallest absolute Gasteiger partial charge is 0.223 e. The summed E-state index contributed by atoms with van der Waals surface area (Å²) in [5.74, 6) is 0.297. The fourth-order valence-corrected chi connectivity index (χ4v) is 3.40. The van der Waals surface area contributed by atoms with Crippen LogP contribution in [0.4, 0.5) is 0 Å². The van der Waals surface area contributed by atoms with Gasteiger partial charge in [0.15, 0.2) is 0 Å². The minimum Gasteiger partial charge on any atom is -0.381 e. The van der Waals surface area contributed by atoms with Crippen LogP contribution in [0, 0.1) is 5.92 Å². The summed E-state index contributed by atoms with van der Waals surface area (Å²) in [5.41, 5.74) is 6.02. The quantitative estimate of drug-likeness (QED) is 0.798. The van der Waals surface area contributed by atoms with Crippen molar-refractivity contribution in [3.05, 3.63) is 0 Å². The van der Waals surface area contributed by atoms with Crippen LogP contribution in [0.25, 0.3) is 0 Å². The Labute approximate surface area is 122 Å². The van der Waals surface area contributed by atoms with Gasteiger partial charge in [0.05, 0.1) is 0 Å². The Morgan fingerprint density at radius 3 is 2.65 bits per heavy atom. The first-order chi connectivity index (χ1) is 9.53. The molecule has 20 heavy (non-hydrogen) atoms. The number of hydrogen-bond donors (Lipinski definition) is 2. The van der Waals surface area contributed by atoms with E-state index in [0.717, 1.165) is 51.7 Å². The second-order valence-electron chi connectivity index (χ2n) is 6.57. The highest BCUT2D eigenvalue weighted by molar-refractivity contribution is 5.78. The Morgan fingerprint density at radius 1 is 1.35 bits per heavy atom. The van der Waals surface area contributed by atoms with Gasteiger partial charge < -0.3 is 20.7 Å². The topological polar surface area (TPSA) is 67.6 Å². The number of hydrogen-bond acceptors (Lipinski definition) is 4. The lowest BCUT2D eigenvalue weighted by atomic mass is 9.84. The molecule has 1 saturated carbocycles. The maximum Gasteiger partial charge on any atom is 0.223 e. The van der Waals surface area contributed by atoms with Gasteiger partial charge in [0.2, 0.25) is 5.91 Å².